The van der Waals surface area contributed by atoms with Gasteiger partial charge in [-0.05, 0) is 45.1 Å². The van der Waals surface area contributed by atoms with Crippen LogP contribution in [-0.4, -0.2) is 48.1 Å². The monoisotopic (exact) mass is 222 g/mol. The summed E-state index contributed by atoms with van der Waals surface area (Å²) in [6.07, 6.45) is 8.84. The first kappa shape index (κ1) is 11.0. The average Bonchev–Trinajstić information content (AvgIpc) is 2.23. The normalized spacial score (nSPS) is 38.1. The van der Waals surface area contributed by atoms with Gasteiger partial charge in [-0.15, -0.1) is 0 Å². The molecule has 2 atom stereocenters. The maximum atomic E-state index is 2.79. The Morgan fingerprint density at radius 2 is 1.88 bits per heavy atom. The van der Waals surface area contributed by atoms with Crippen LogP contribution >= 0.6 is 0 Å². The molecule has 16 heavy (non-hydrogen) atoms. The Kier molecular flexibility index (Phi) is 3.21. The van der Waals surface area contributed by atoms with E-state index < -0.39 is 0 Å². The molecule has 3 fully saturated rings. The molecule has 3 aliphatic rings. The van der Waals surface area contributed by atoms with Gasteiger partial charge in [0.2, 0.25) is 0 Å². The first-order valence-electron chi connectivity index (χ1n) is 7.31. The molecule has 0 N–H and O–H groups in total. The largest absolute Gasteiger partial charge is 0.298 e. The molecule has 0 aromatic carbocycles. The molecular weight excluding hydrogens is 196 g/mol. The second kappa shape index (κ2) is 4.66. The van der Waals surface area contributed by atoms with Crippen molar-refractivity contribution in [3.63, 3.8) is 0 Å². The van der Waals surface area contributed by atoms with Crippen LogP contribution < -0.4 is 0 Å². The molecule has 0 bridgehead atoms. The molecule has 1 aliphatic carbocycles. The molecule has 0 aromatic rings. The van der Waals surface area contributed by atoms with Gasteiger partial charge in [-0.1, -0.05) is 12.8 Å². The van der Waals surface area contributed by atoms with E-state index in [1.165, 1.54) is 64.7 Å². The lowest BCUT2D eigenvalue weighted by atomic mass is 9.84. The Labute approximate surface area is 100.0 Å². The third-order valence-electron chi connectivity index (χ3n) is 5.03. The molecule has 0 aromatic heterocycles. The summed E-state index contributed by atoms with van der Waals surface area (Å²) < 4.78 is 0. The van der Waals surface area contributed by atoms with Gasteiger partial charge in [-0.2, -0.15) is 0 Å². The highest BCUT2D eigenvalue weighted by Crippen LogP contribution is 2.30. The number of fused-ring (bicyclic) bond motifs is 1. The maximum absolute atomic E-state index is 2.79. The van der Waals surface area contributed by atoms with Crippen molar-refractivity contribution in [3.8, 4) is 0 Å². The molecule has 1 saturated carbocycles. The Hall–Kier alpha value is -0.0800. The van der Waals surface area contributed by atoms with E-state index in [2.05, 4.69) is 16.7 Å². The molecule has 0 spiro atoms. The molecule has 2 heterocycles. The van der Waals surface area contributed by atoms with Gasteiger partial charge in [-0.3, -0.25) is 9.80 Å². The third-order valence-corrected chi connectivity index (χ3v) is 5.03. The van der Waals surface area contributed by atoms with Crippen LogP contribution in [0.15, 0.2) is 0 Å². The topological polar surface area (TPSA) is 6.48 Å². The summed E-state index contributed by atoms with van der Waals surface area (Å²) >= 11 is 0. The summed E-state index contributed by atoms with van der Waals surface area (Å²) in [5.74, 6) is 1.04. The second-order valence-corrected chi connectivity index (χ2v) is 6.24. The predicted octanol–water partition coefficient (Wildman–Crippen LogP) is 2.35. The van der Waals surface area contributed by atoms with Crippen LogP contribution in [0.2, 0.25) is 0 Å². The minimum absolute atomic E-state index is 0.801. The molecule has 0 amide bonds. The number of hydrogen-bond donors (Lipinski definition) is 0. The highest BCUT2D eigenvalue weighted by Gasteiger charge is 2.34. The van der Waals surface area contributed by atoms with Gasteiger partial charge < -0.3 is 0 Å². The zero-order chi connectivity index (χ0) is 11.0. The Bertz CT molecular complexity index is 237. The fourth-order valence-corrected chi connectivity index (χ4v) is 3.67. The molecule has 2 aliphatic heterocycles. The van der Waals surface area contributed by atoms with Crippen molar-refractivity contribution in [2.45, 2.75) is 57.5 Å². The minimum Gasteiger partial charge on any atom is -0.298 e. The van der Waals surface area contributed by atoms with Gasteiger partial charge in [0.25, 0.3) is 0 Å². The number of rotatable bonds is 2. The maximum Gasteiger partial charge on any atom is 0.0223 e. The van der Waals surface area contributed by atoms with Gasteiger partial charge in [0, 0.05) is 31.7 Å². The zero-order valence-electron chi connectivity index (χ0n) is 10.7. The van der Waals surface area contributed by atoms with Crippen LogP contribution in [0.4, 0.5) is 0 Å². The fraction of sp³-hybridized carbons (Fsp3) is 1.00. The summed E-state index contributed by atoms with van der Waals surface area (Å²) in [7, 11) is 0. The van der Waals surface area contributed by atoms with Crippen molar-refractivity contribution in [2.75, 3.05) is 26.2 Å². The number of piperidine rings is 1. The van der Waals surface area contributed by atoms with Crippen LogP contribution in [0.25, 0.3) is 0 Å². The van der Waals surface area contributed by atoms with E-state index in [4.69, 9.17) is 0 Å². The summed E-state index contributed by atoms with van der Waals surface area (Å²) in [5.41, 5.74) is 0. The van der Waals surface area contributed by atoms with Crippen molar-refractivity contribution in [3.05, 3.63) is 0 Å². The van der Waals surface area contributed by atoms with Crippen LogP contribution in [-0.2, 0) is 0 Å². The molecule has 2 unspecified atom stereocenters. The third kappa shape index (κ3) is 2.14. The molecule has 92 valence electrons. The van der Waals surface area contributed by atoms with E-state index in [0.717, 1.165) is 18.0 Å². The van der Waals surface area contributed by atoms with E-state index in [1.54, 1.807) is 0 Å². The Morgan fingerprint density at radius 1 is 1.00 bits per heavy atom. The molecule has 2 saturated heterocycles. The van der Waals surface area contributed by atoms with E-state index in [-0.39, 0.29) is 0 Å². The Morgan fingerprint density at radius 3 is 2.62 bits per heavy atom. The van der Waals surface area contributed by atoms with E-state index >= 15 is 0 Å². The highest BCUT2D eigenvalue weighted by atomic mass is 15.3. The van der Waals surface area contributed by atoms with E-state index in [0.29, 0.717) is 0 Å². The number of piperazine rings is 1. The standard InChI is InChI=1S/C14H26N2/c1-12-9-15-8-3-2-7-14(15)11-16(12)10-13-5-4-6-13/h12-14H,2-11H2,1H3. The fourth-order valence-electron chi connectivity index (χ4n) is 3.67. The Balaban J connectivity index is 1.57. The van der Waals surface area contributed by atoms with Crippen molar-refractivity contribution >= 4 is 0 Å². The molecule has 0 radical (unpaired) electrons. The minimum atomic E-state index is 0.801. The first-order chi connectivity index (χ1) is 7.83. The summed E-state index contributed by atoms with van der Waals surface area (Å²) in [6.45, 7) is 7.89. The zero-order valence-corrected chi connectivity index (χ0v) is 10.7. The molecular formula is C14H26N2. The summed E-state index contributed by atoms with van der Waals surface area (Å²) in [4.78, 5) is 5.54. The van der Waals surface area contributed by atoms with Gasteiger partial charge >= 0.3 is 0 Å². The molecule has 2 heteroatoms. The molecule has 3 rings (SSSR count). The van der Waals surface area contributed by atoms with Gasteiger partial charge in [0.05, 0.1) is 0 Å². The number of nitrogens with zero attached hydrogens (tertiary/aromatic N) is 2. The lowest BCUT2D eigenvalue weighted by Gasteiger charge is -2.49. The van der Waals surface area contributed by atoms with Crippen molar-refractivity contribution in [1.82, 2.24) is 9.80 Å². The van der Waals surface area contributed by atoms with Crippen LogP contribution in [0.1, 0.15) is 45.4 Å². The van der Waals surface area contributed by atoms with Gasteiger partial charge in [0.1, 0.15) is 0 Å². The predicted molar refractivity (Wildman–Crippen MR) is 67.6 cm³/mol. The SMILES string of the molecule is CC1CN2CCCCC2CN1CC1CCC1. The van der Waals surface area contributed by atoms with E-state index in [1.807, 2.05) is 0 Å². The van der Waals surface area contributed by atoms with Crippen molar-refractivity contribution < 1.29 is 0 Å². The highest BCUT2D eigenvalue weighted by molar-refractivity contribution is 4.90. The van der Waals surface area contributed by atoms with Crippen LogP contribution in [0.3, 0.4) is 0 Å². The average molecular weight is 222 g/mol. The van der Waals surface area contributed by atoms with E-state index in [9.17, 15) is 0 Å². The van der Waals surface area contributed by atoms with Crippen molar-refractivity contribution in [2.24, 2.45) is 5.92 Å². The first-order valence-corrected chi connectivity index (χ1v) is 7.31. The number of hydrogen-bond acceptors (Lipinski definition) is 2. The summed E-state index contributed by atoms with van der Waals surface area (Å²) in [5, 5.41) is 0. The second-order valence-electron chi connectivity index (χ2n) is 6.24. The lowest BCUT2D eigenvalue weighted by molar-refractivity contribution is 0.00125. The summed E-state index contributed by atoms with van der Waals surface area (Å²) in [6, 6.07) is 1.69. The lowest BCUT2D eigenvalue weighted by Crippen LogP contribution is -2.59. The van der Waals surface area contributed by atoms with Gasteiger partial charge in [0.15, 0.2) is 0 Å². The van der Waals surface area contributed by atoms with Gasteiger partial charge in [-0.25, -0.2) is 0 Å². The smallest absolute Gasteiger partial charge is 0.0223 e. The van der Waals surface area contributed by atoms with Crippen molar-refractivity contribution in [1.29, 1.82) is 0 Å². The molecule has 2 nitrogen and oxygen atoms in total. The van der Waals surface area contributed by atoms with Crippen LogP contribution in [0.5, 0.6) is 0 Å². The van der Waals surface area contributed by atoms with Crippen LogP contribution in [0, 0.1) is 5.92 Å². The quantitative estimate of drug-likeness (QED) is 0.707.